The van der Waals surface area contributed by atoms with E-state index in [1.165, 1.54) is 12.1 Å². The molecule has 0 aromatic carbocycles. The van der Waals surface area contributed by atoms with E-state index >= 15 is 0 Å². The Morgan fingerprint density at radius 2 is 2.21 bits per heavy atom. The molecule has 0 unspecified atom stereocenters. The first kappa shape index (κ1) is 14.1. The second kappa shape index (κ2) is 4.68. The van der Waals surface area contributed by atoms with Gasteiger partial charge in [-0.2, -0.15) is 0 Å². The molecule has 1 aromatic heterocycles. The van der Waals surface area contributed by atoms with E-state index in [2.05, 4.69) is 32.5 Å². The summed E-state index contributed by atoms with van der Waals surface area (Å²) in [5, 5.41) is 0. The molecule has 0 saturated carbocycles. The molecule has 0 bridgehead atoms. The number of aromatic nitrogens is 1. The van der Waals surface area contributed by atoms with E-state index in [-0.39, 0.29) is 18.1 Å². The van der Waals surface area contributed by atoms with E-state index in [0.717, 1.165) is 0 Å². The fourth-order valence-electron chi connectivity index (χ4n) is 1.85. The van der Waals surface area contributed by atoms with Crippen molar-refractivity contribution in [1.29, 1.82) is 0 Å². The standard InChI is InChI=1S/C13H15BrFN3O/c1-4-13(3)11(16)18-12(2,7-19-13)10-8(15)5-6-9(14)17-10/h4-6H,1,7H2,2-3H3,(H2,16,18)/t12-,13-/m0/s1. The van der Waals surface area contributed by atoms with Crippen molar-refractivity contribution in [2.75, 3.05) is 6.61 Å². The van der Waals surface area contributed by atoms with Gasteiger partial charge in [0.05, 0.1) is 6.61 Å². The Bertz CT molecular complexity index is 563. The summed E-state index contributed by atoms with van der Waals surface area (Å²) >= 11 is 3.22. The Hall–Kier alpha value is -1.27. The fourth-order valence-corrected chi connectivity index (χ4v) is 2.16. The predicted octanol–water partition coefficient (Wildman–Crippen LogP) is 2.53. The fraction of sp³-hybridized carbons (Fsp3) is 0.385. The first-order valence-corrected chi connectivity index (χ1v) is 6.56. The van der Waals surface area contributed by atoms with Crippen molar-refractivity contribution in [1.82, 2.24) is 4.98 Å². The lowest BCUT2D eigenvalue weighted by Gasteiger charge is -2.38. The molecule has 4 nitrogen and oxygen atoms in total. The van der Waals surface area contributed by atoms with Gasteiger partial charge in [0.25, 0.3) is 0 Å². The minimum atomic E-state index is -0.944. The number of aliphatic imine (C=N–C) groups is 1. The zero-order valence-corrected chi connectivity index (χ0v) is 12.4. The van der Waals surface area contributed by atoms with E-state index < -0.39 is 17.0 Å². The zero-order chi connectivity index (χ0) is 14.3. The maximum Gasteiger partial charge on any atom is 0.147 e. The molecular formula is C13H15BrFN3O. The summed E-state index contributed by atoms with van der Waals surface area (Å²) in [7, 11) is 0. The lowest BCUT2D eigenvalue weighted by molar-refractivity contribution is 0.00725. The summed E-state index contributed by atoms with van der Waals surface area (Å²) in [5.41, 5.74) is 4.36. The van der Waals surface area contributed by atoms with Crippen LogP contribution in [0, 0.1) is 5.82 Å². The van der Waals surface area contributed by atoms with Gasteiger partial charge in [-0.3, -0.25) is 4.99 Å². The average molecular weight is 328 g/mol. The largest absolute Gasteiger partial charge is 0.385 e. The molecule has 0 fully saturated rings. The topological polar surface area (TPSA) is 60.5 Å². The summed E-state index contributed by atoms with van der Waals surface area (Å²) in [5.74, 6) is -0.175. The summed E-state index contributed by atoms with van der Waals surface area (Å²) in [6, 6.07) is 2.87. The lowest BCUT2D eigenvalue weighted by atomic mass is 9.94. The number of rotatable bonds is 2. The van der Waals surface area contributed by atoms with Crippen LogP contribution >= 0.6 is 15.9 Å². The zero-order valence-electron chi connectivity index (χ0n) is 10.8. The van der Waals surface area contributed by atoms with Crippen molar-refractivity contribution in [2.45, 2.75) is 25.0 Å². The van der Waals surface area contributed by atoms with Crippen molar-refractivity contribution < 1.29 is 9.13 Å². The highest BCUT2D eigenvalue weighted by Gasteiger charge is 2.41. The molecule has 1 aliphatic heterocycles. The SMILES string of the molecule is C=C[C@]1(C)OC[C@@](C)(c2nc(Br)ccc2F)N=C1N. The molecule has 102 valence electrons. The maximum atomic E-state index is 13.9. The Labute approximate surface area is 119 Å². The smallest absolute Gasteiger partial charge is 0.147 e. The third kappa shape index (κ3) is 2.42. The van der Waals surface area contributed by atoms with Crippen molar-refractivity contribution in [3.05, 3.63) is 40.9 Å². The molecule has 0 saturated heterocycles. The molecule has 0 radical (unpaired) electrons. The summed E-state index contributed by atoms with van der Waals surface area (Å²) in [6.07, 6.45) is 1.58. The van der Waals surface area contributed by atoms with Gasteiger partial charge in [0, 0.05) is 0 Å². The number of nitrogens with zero attached hydrogens (tertiary/aromatic N) is 2. The molecule has 2 atom stereocenters. The van der Waals surface area contributed by atoms with Crippen LogP contribution < -0.4 is 5.73 Å². The summed E-state index contributed by atoms with van der Waals surface area (Å²) in [4.78, 5) is 8.53. The van der Waals surface area contributed by atoms with Gasteiger partial charge >= 0.3 is 0 Å². The minimum absolute atomic E-state index is 0.177. The highest BCUT2D eigenvalue weighted by atomic mass is 79.9. The van der Waals surface area contributed by atoms with Crippen LogP contribution in [0.15, 0.2) is 34.4 Å². The highest BCUT2D eigenvalue weighted by molar-refractivity contribution is 9.10. The molecule has 6 heteroatoms. The first-order chi connectivity index (χ1) is 8.81. The Kier molecular flexibility index (Phi) is 3.49. The molecule has 2 rings (SSSR count). The van der Waals surface area contributed by atoms with E-state index in [9.17, 15) is 4.39 Å². The number of hydrogen-bond donors (Lipinski definition) is 1. The van der Waals surface area contributed by atoms with Crippen LogP contribution in [0.5, 0.6) is 0 Å². The van der Waals surface area contributed by atoms with Crippen LogP contribution in [0.3, 0.4) is 0 Å². The van der Waals surface area contributed by atoms with Crippen LogP contribution in [0.1, 0.15) is 19.5 Å². The number of pyridine rings is 1. The van der Waals surface area contributed by atoms with E-state index in [4.69, 9.17) is 10.5 Å². The van der Waals surface area contributed by atoms with Gasteiger partial charge < -0.3 is 10.5 Å². The first-order valence-electron chi connectivity index (χ1n) is 5.77. The van der Waals surface area contributed by atoms with E-state index in [1.54, 1.807) is 19.9 Å². The third-order valence-electron chi connectivity index (χ3n) is 3.24. The van der Waals surface area contributed by atoms with Gasteiger partial charge in [0.2, 0.25) is 0 Å². The van der Waals surface area contributed by atoms with Crippen LogP contribution in [0.2, 0.25) is 0 Å². The monoisotopic (exact) mass is 327 g/mol. The second-order valence-corrected chi connectivity index (χ2v) is 5.65. The molecule has 2 heterocycles. The van der Waals surface area contributed by atoms with Crippen LogP contribution in [0.4, 0.5) is 4.39 Å². The normalized spacial score (nSPS) is 30.8. The van der Waals surface area contributed by atoms with Crippen molar-refractivity contribution in [3.8, 4) is 0 Å². The number of halogens is 2. The Morgan fingerprint density at radius 3 is 2.79 bits per heavy atom. The number of amidine groups is 1. The van der Waals surface area contributed by atoms with Gasteiger partial charge in [-0.25, -0.2) is 9.37 Å². The van der Waals surface area contributed by atoms with E-state index in [1.807, 2.05) is 0 Å². The molecule has 19 heavy (non-hydrogen) atoms. The van der Waals surface area contributed by atoms with Crippen LogP contribution in [0.25, 0.3) is 0 Å². The van der Waals surface area contributed by atoms with Gasteiger partial charge in [0.15, 0.2) is 0 Å². The third-order valence-corrected chi connectivity index (χ3v) is 3.68. The van der Waals surface area contributed by atoms with Crippen LogP contribution in [-0.4, -0.2) is 23.0 Å². The van der Waals surface area contributed by atoms with Crippen molar-refractivity contribution in [2.24, 2.45) is 10.7 Å². The molecule has 0 amide bonds. The highest BCUT2D eigenvalue weighted by Crippen LogP contribution is 2.34. The Balaban J connectivity index is 2.51. The average Bonchev–Trinajstić information content (AvgIpc) is 2.37. The van der Waals surface area contributed by atoms with Crippen molar-refractivity contribution >= 4 is 21.8 Å². The molecule has 1 aromatic rings. The van der Waals surface area contributed by atoms with Gasteiger partial charge in [-0.1, -0.05) is 12.7 Å². The van der Waals surface area contributed by atoms with E-state index in [0.29, 0.717) is 4.60 Å². The molecule has 2 N–H and O–H groups in total. The summed E-state index contributed by atoms with van der Waals surface area (Å²) in [6.45, 7) is 7.36. The maximum absolute atomic E-state index is 13.9. The molecule has 1 aliphatic rings. The molecule has 0 aliphatic carbocycles. The van der Waals surface area contributed by atoms with Crippen molar-refractivity contribution in [3.63, 3.8) is 0 Å². The molecular weight excluding hydrogens is 313 g/mol. The van der Waals surface area contributed by atoms with Crippen LogP contribution in [-0.2, 0) is 10.3 Å². The van der Waals surface area contributed by atoms with Gasteiger partial charge in [-0.15, -0.1) is 0 Å². The minimum Gasteiger partial charge on any atom is -0.385 e. The summed E-state index contributed by atoms with van der Waals surface area (Å²) < 4.78 is 20.2. The lowest BCUT2D eigenvalue weighted by Crippen LogP contribution is -2.51. The number of nitrogens with two attached hydrogens (primary N) is 1. The molecule has 0 spiro atoms. The number of hydrogen-bond acceptors (Lipinski definition) is 4. The Morgan fingerprint density at radius 1 is 1.53 bits per heavy atom. The predicted molar refractivity (Wildman–Crippen MR) is 75.4 cm³/mol. The number of ether oxygens (including phenoxy) is 1. The second-order valence-electron chi connectivity index (χ2n) is 4.84. The quantitative estimate of drug-likeness (QED) is 0.670. The van der Waals surface area contributed by atoms with Gasteiger partial charge in [0.1, 0.15) is 33.1 Å². The van der Waals surface area contributed by atoms with Gasteiger partial charge in [-0.05, 0) is 41.9 Å².